The number of sulfonamides is 1. The molecule has 0 aliphatic carbocycles. The zero-order valence-electron chi connectivity index (χ0n) is 12.2. The highest BCUT2D eigenvalue weighted by Gasteiger charge is 2.17. The zero-order valence-corrected chi connectivity index (χ0v) is 13.0. The molecule has 1 aromatic rings. The van der Waals surface area contributed by atoms with Gasteiger partial charge in [0.25, 0.3) is 0 Å². The summed E-state index contributed by atoms with van der Waals surface area (Å²) in [6, 6.07) is 3.41. The van der Waals surface area contributed by atoms with Crippen LogP contribution in [0.1, 0.15) is 12.0 Å². The van der Waals surface area contributed by atoms with Crippen molar-refractivity contribution in [1.29, 1.82) is 0 Å². The second kappa shape index (κ2) is 8.10. The Kier molecular flexibility index (Phi) is 6.78. The standard InChI is InChI=1S/C14H20FN3O2S/c1-18(2)10-4-9-17-21(19,20)14-7-6-13(15)11-12(14)5-3-8-16/h6-7,11,17H,4,8-10,16H2,1-2H3. The molecule has 5 nitrogen and oxygen atoms in total. The molecule has 0 aliphatic rings. The average molecular weight is 313 g/mol. The van der Waals surface area contributed by atoms with Gasteiger partial charge in [-0.05, 0) is 45.3 Å². The molecule has 7 heteroatoms. The topological polar surface area (TPSA) is 75.4 Å². The van der Waals surface area contributed by atoms with Crippen molar-refractivity contribution < 1.29 is 12.8 Å². The van der Waals surface area contributed by atoms with E-state index in [1.165, 1.54) is 6.07 Å². The van der Waals surface area contributed by atoms with Crippen LogP contribution in [0, 0.1) is 17.7 Å². The molecule has 0 fully saturated rings. The fourth-order valence-corrected chi connectivity index (χ4v) is 2.88. The fraction of sp³-hybridized carbons (Fsp3) is 0.429. The molecule has 1 aromatic carbocycles. The first-order valence-corrected chi connectivity index (χ1v) is 7.98. The van der Waals surface area contributed by atoms with E-state index in [1.54, 1.807) is 0 Å². The summed E-state index contributed by atoms with van der Waals surface area (Å²) in [5.74, 6) is 4.59. The van der Waals surface area contributed by atoms with E-state index in [0.717, 1.165) is 18.7 Å². The molecule has 3 N–H and O–H groups in total. The second-order valence-electron chi connectivity index (χ2n) is 4.70. The van der Waals surface area contributed by atoms with Crippen LogP contribution < -0.4 is 10.5 Å². The summed E-state index contributed by atoms with van der Waals surface area (Å²) in [6.07, 6.45) is 0.678. The molecule has 0 saturated heterocycles. The van der Waals surface area contributed by atoms with Crippen LogP contribution in [-0.2, 0) is 10.0 Å². The van der Waals surface area contributed by atoms with Crippen LogP contribution in [0.15, 0.2) is 23.1 Å². The number of hydrogen-bond acceptors (Lipinski definition) is 4. The van der Waals surface area contributed by atoms with Gasteiger partial charge in [-0.2, -0.15) is 0 Å². The Morgan fingerprint density at radius 3 is 2.71 bits per heavy atom. The maximum Gasteiger partial charge on any atom is 0.241 e. The number of halogens is 1. The van der Waals surface area contributed by atoms with Gasteiger partial charge in [-0.1, -0.05) is 11.8 Å². The van der Waals surface area contributed by atoms with E-state index in [9.17, 15) is 12.8 Å². The summed E-state index contributed by atoms with van der Waals surface area (Å²) in [5, 5.41) is 0. The van der Waals surface area contributed by atoms with Gasteiger partial charge in [-0.15, -0.1) is 0 Å². The lowest BCUT2D eigenvalue weighted by molar-refractivity contribution is 0.400. The van der Waals surface area contributed by atoms with Crippen LogP contribution in [0.3, 0.4) is 0 Å². The van der Waals surface area contributed by atoms with Crippen LogP contribution in [0.2, 0.25) is 0 Å². The van der Waals surface area contributed by atoms with Gasteiger partial charge in [0.1, 0.15) is 5.82 Å². The van der Waals surface area contributed by atoms with Crippen molar-refractivity contribution in [2.45, 2.75) is 11.3 Å². The number of nitrogens with one attached hydrogen (secondary N) is 1. The quantitative estimate of drug-likeness (QED) is 0.587. The van der Waals surface area contributed by atoms with Gasteiger partial charge >= 0.3 is 0 Å². The molecule has 21 heavy (non-hydrogen) atoms. The van der Waals surface area contributed by atoms with Crippen LogP contribution in [0.4, 0.5) is 4.39 Å². The highest BCUT2D eigenvalue weighted by Crippen LogP contribution is 2.16. The predicted octanol–water partition coefficient (Wildman–Crippen LogP) is 0.366. The molecular weight excluding hydrogens is 293 g/mol. The van der Waals surface area contributed by atoms with Gasteiger partial charge < -0.3 is 10.6 Å². The SMILES string of the molecule is CN(C)CCCNS(=O)(=O)c1ccc(F)cc1C#CCN. The lowest BCUT2D eigenvalue weighted by Crippen LogP contribution is -2.28. The summed E-state index contributed by atoms with van der Waals surface area (Å²) >= 11 is 0. The fourth-order valence-electron chi connectivity index (χ4n) is 1.66. The van der Waals surface area contributed by atoms with Gasteiger partial charge in [-0.3, -0.25) is 0 Å². The van der Waals surface area contributed by atoms with Crippen LogP contribution in [0.25, 0.3) is 0 Å². The van der Waals surface area contributed by atoms with E-state index in [2.05, 4.69) is 16.6 Å². The Bertz CT molecular complexity index is 633. The van der Waals surface area contributed by atoms with E-state index in [4.69, 9.17) is 5.73 Å². The average Bonchev–Trinajstić information content (AvgIpc) is 2.41. The zero-order chi connectivity index (χ0) is 15.9. The lowest BCUT2D eigenvalue weighted by atomic mass is 10.2. The van der Waals surface area contributed by atoms with Crippen LogP contribution in [0.5, 0.6) is 0 Å². The number of rotatable bonds is 6. The Morgan fingerprint density at radius 2 is 2.10 bits per heavy atom. The summed E-state index contributed by atoms with van der Waals surface area (Å²) in [5.41, 5.74) is 5.37. The Labute approximate surface area is 125 Å². The third-order valence-corrected chi connectivity index (χ3v) is 4.15. The Hall–Kier alpha value is -1.46. The van der Waals surface area contributed by atoms with E-state index in [0.29, 0.717) is 13.0 Å². The molecule has 0 aromatic heterocycles. The summed E-state index contributed by atoms with van der Waals surface area (Å²) in [6.45, 7) is 1.15. The highest BCUT2D eigenvalue weighted by atomic mass is 32.2. The number of benzene rings is 1. The molecule has 0 unspecified atom stereocenters. The predicted molar refractivity (Wildman–Crippen MR) is 80.7 cm³/mol. The second-order valence-corrected chi connectivity index (χ2v) is 6.44. The highest BCUT2D eigenvalue weighted by molar-refractivity contribution is 7.89. The number of nitrogens with zero attached hydrogens (tertiary/aromatic N) is 1. The molecule has 0 spiro atoms. The maximum atomic E-state index is 13.2. The third-order valence-electron chi connectivity index (χ3n) is 2.63. The minimum Gasteiger partial charge on any atom is -0.320 e. The normalized spacial score (nSPS) is 11.3. The minimum atomic E-state index is -3.71. The van der Waals surface area contributed by atoms with E-state index in [1.807, 2.05) is 19.0 Å². The first kappa shape index (κ1) is 17.6. The van der Waals surface area contributed by atoms with E-state index < -0.39 is 15.8 Å². The van der Waals surface area contributed by atoms with Crippen molar-refractivity contribution >= 4 is 10.0 Å². The molecular formula is C14H20FN3O2S. The van der Waals surface area contributed by atoms with Gasteiger partial charge in [-0.25, -0.2) is 17.5 Å². The van der Waals surface area contributed by atoms with Crippen molar-refractivity contribution in [1.82, 2.24) is 9.62 Å². The van der Waals surface area contributed by atoms with Gasteiger partial charge in [0.15, 0.2) is 0 Å². The Balaban J connectivity index is 2.92. The van der Waals surface area contributed by atoms with Gasteiger partial charge in [0, 0.05) is 12.1 Å². The van der Waals surface area contributed by atoms with E-state index in [-0.39, 0.29) is 17.0 Å². The molecule has 0 radical (unpaired) electrons. The molecule has 1 rings (SSSR count). The third kappa shape index (κ3) is 5.81. The van der Waals surface area contributed by atoms with Crippen molar-refractivity contribution in [3.05, 3.63) is 29.6 Å². The molecule has 0 amide bonds. The van der Waals surface area contributed by atoms with Gasteiger partial charge in [0.05, 0.1) is 11.4 Å². The largest absolute Gasteiger partial charge is 0.320 e. The maximum absolute atomic E-state index is 13.2. The monoisotopic (exact) mass is 313 g/mol. The molecule has 0 aliphatic heterocycles. The van der Waals surface area contributed by atoms with Crippen molar-refractivity contribution in [3.63, 3.8) is 0 Å². The van der Waals surface area contributed by atoms with Crippen LogP contribution >= 0.6 is 0 Å². The van der Waals surface area contributed by atoms with Crippen molar-refractivity contribution in [2.75, 3.05) is 33.7 Å². The Morgan fingerprint density at radius 1 is 1.38 bits per heavy atom. The number of nitrogens with two attached hydrogens (primary N) is 1. The van der Waals surface area contributed by atoms with Gasteiger partial charge in [0.2, 0.25) is 10.0 Å². The summed E-state index contributed by atoms with van der Waals surface area (Å²) in [7, 11) is 0.109. The molecule has 0 heterocycles. The smallest absolute Gasteiger partial charge is 0.241 e. The lowest BCUT2D eigenvalue weighted by Gasteiger charge is -2.11. The summed E-state index contributed by atoms with van der Waals surface area (Å²) < 4.78 is 40.2. The molecule has 116 valence electrons. The molecule has 0 bridgehead atoms. The first-order valence-electron chi connectivity index (χ1n) is 6.49. The van der Waals surface area contributed by atoms with Crippen molar-refractivity contribution in [3.8, 4) is 11.8 Å². The van der Waals surface area contributed by atoms with Crippen LogP contribution in [-0.4, -0.2) is 47.0 Å². The number of hydrogen-bond donors (Lipinski definition) is 2. The van der Waals surface area contributed by atoms with Crippen molar-refractivity contribution in [2.24, 2.45) is 5.73 Å². The first-order chi connectivity index (χ1) is 9.86. The van der Waals surface area contributed by atoms with E-state index >= 15 is 0 Å². The summed E-state index contributed by atoms with van der Waals surface area (Å²) in [4.78, 5) is 1.93. The minimum absolute atomic E-state index is 0.0327. The molecule has 0 atom stereocenters. The molecule has 0 saturated carbocycles.